The molecule has 0 bridgehead atoms. The van der Waals surface area contributed by atoms with Crippen molar-refractivity contribution in [2.45, 2.75) is 25.8 Å². The number of aryl methyl sites for hydroxylation is 1. The molecule has 1 aliphatic carbocycles. The van der Waals surface area contributed by atoms with E-state index >= 15 is 0 Å². The Hall–Kier alpha value is -3.81. The molecule has 1 saturated carbocycles. The normalized spacial score (nSPS) is 14.6. The fourth-order valence-electron chi connectivity index (χ4n) is 3.39. The van der Waals surface area contributed by atoms with E-state index in [1.54, 1.807) is 30.3 Å². The number of fused-ring (bicyclic) bond motifs is 1. The molecular weight excluding hydrogens is 384 g/mol. The van der Waals surface area contributed by atoms with E-state index < -0.39 is 0 Å². The molecule has 152 valence electrons. The van der Waals surface area contributed by atoms with Crippen LogP contribution in [0.4, 0.5) is 5.82 Å². The van der Waals surface area contributed by atoms with Crippen LogP contribution >= 0.6 is 0 Å². The van der Waals surface area contributed by atoms with Gasteiger partial charge < -0.3 is 20.5 Å². The van der Waals surface area contributed by atoms with Gasteiger partial charge in [-0.3, -0.25) is 9.59 Å². The maximum Gasteiger partial charge on any atom is 0.251 e. The highest BCUT2D eigenvalue weighted by molar-refractivity contribution is 6.12. The van der Waals surface area contributed by atoms with Crippen LogP contribution in [0.25, 0.3) is 5.69 Å². The number of nitrogen functional groups attached to an aromatic ring is 1. The lowest BCUT2D eigenvalue weighted by atomic mass is 10.0. The minimum Gasteiger partial charge on any atom is -0.454 e. The summed E-state index contributed by atoms with van der Waals surface area (Å²) in [7, 11) is 0. The number of aromatic nitrogens is 2. The summed E-state index contributed by atoms with van der Waals surface area (Å²) in [4.78, 5) is 25.4. The first-order valence-electron chi connectivity index (χ1n) is 9.71. The SMILES string of the molecule is Cc1ccc(C(=O)NC2CC2)cc1-n1ncc(C(=O)c2ccc3c(c2)OCO3)c1N. The third-order valence-corrected chi connectivity index (χ3v) is 5.30. The summed E-state index contributed by atoms with van der Waals surface area (Å²) in [5, 5.41) is 7.30. The van der Waals surface area contributed by atoms with Crippen molar-refractivity contribution in [3.63, 3.8) is 0 Å². The van der Waals surface area contributed by atoms with Gasteiger partial charge in [-0.25, -0.2) is 4.68 Å². The molecule has 2 heterocycles. The maximum absolute atomic E-state index is 13.0. The van der Waals surface area contributed by atoms with E-state index in [1.165, 1.54) is 10.9 Å². The summed E-state index contributed by atoms with van der Waals surface area (Å²) in [5.41, 5.74) is 9.07. The van der Waals surface area contributed by atoms with E-state index in [0.717, 1.165) is 18.4 Å². The predicted molar refractivity (Wildman–Crippen MR) is 109 cm³/mol. The number of carbonyl (C=O) groups excluding carboxylic acids is 2. The zero-order valence-corrected chi connectivity index (χ0v) is 16.3. The Balaban J connectivity index is 1.47. The second-order valence-electron chi connectivity index (χ2n) is 7.50. The summed E-state index contributed by atoms with van der Waals surface area (Å²) in [5.74, 6) is 0.947. The van der Waals surface area contributed by atoms with Gasteiger partial charge in [0.15, 0.2) is 17.3 Å². The lowest BCUT2D eigenvalue weighted by Gasteiger charge is -2.11. The number of nitrogens with two attached hydrogens (primary N) is 1. The van der Waals surface area contributed by atoms with Gasteiger partial charge in [0.25, 0.3) is 5.91 Å². The van der Waals surface area contributed by atoms with Gasteiger partial charge >= 0.3 is 0 Å². The average molecular weight is 404 g/mol. The summed E-state index contributed by atoms with van der Waals surface area (Å²) < 4.78 is 12.1. The highest BCUT2D eigenvalue weighted by Crippen LogP contribution is 2.33. The van der Waals surface area contributed by atoms with Crippen LogP contribution in [0.3, 0.4) is 0 Å². The first-order chi connectivity index (χ1) is 14.5. The molecule has 2 aromatic carbocycles. The standard InChI is InChI=1S/C22H20N4O4/c1-12-2-3-14(22(28)25-15-5-6-15)8-17(12)26-21(23)16(10-24-26)20(27)13-4-7-18-19(9-13)30-11-29-18/h2-4,7-10,15H,5-6,11,23H2,1H3,(H,25,28). The minimum absolute atomic E-state index is 0.124. The number of rotatable bonds is 5. The van der Waals surface area contributed by atoms with E-state index in [1.807, 2.05) is 13.0 Å². The number of carbonyl (C=O) groups is 2. The van der Waals surface area contributed by atoms with Crippen molar-refractivity contribution in [3.8, 4) is 17.2 Å². The summed E-state index contributed by atoms with van der Waals surface area (Å²) in [6, 6.07) is 10.6. The molecule has 0 atom stereocenters. The molecule has 0 saturated heterocycles. The first kappa shape index (κ1) is 18.2. The second kappa shape index (κ2) is 6.91. The van der Waals surface area contributed by atoms with Crippen molar-refractivity contribution in [1.82, 2.24) is 15.1 Å². The Labute approximate surface area is 172 Å². The topological polar surface area (TPSA) is 108 Å². The molecule has 1 aliphatic heterocycles. The molecule has 8 nitrogen and oxygen atoms in total. The van der Waals surface area contributed by atoms with E-state index in [4.69, 9.17) is 15.2 Å². The number of ether oxygens (including phenoxy) is 2. The number of amides is 1. The quantitative estimate of drug-likeness (QED) is 0.633. The van der Waals surface area contributed by atoms with Gasteiger partial charge in [-0.2, -0.15) is 5.10 Å². The second-order valence-corrected chi connectivity index (χ2v) is 7.50. The van der Waals surface area contributed by atoms with Crippen LogP contribution in [0.1, 0.15) is 44.7 Å². The average Bonchev–Trinajstić information content (AvgIpc) is 3.29. The van der Waals surface area contributed by atoms with Crippen LogP contribution in [0.15, 0.2) is 42.6 Å². The van der Waals surface area contributed by atoms with E-state index in [-0.39, 0.29) is 35.9 Å². The van der Waals surface area contributed by atoms with Gasteiger partial charge in [-0.1, -0.05) is 6.07 Å². The van der Waals surface area contributed by atoms with Crippen molar-refractivity contribution >= 4 is 17.5 Å². The summed E-state index contributed by atoms with van der Waals surface area (Å²) in [6.45, 7) is 2.04. The van der Waals surface area contributed by atoms with E-state index in [2.05, 4.69) is 10.4 Å². The zero-order valence-electron chi connectivity index (χ0n) is 16.3. The van der Waals surface area contributed by atoms with Gasteiger partial charge in [0.1, 0.15) is 5.82 Å². The maximum atomic E-state index is 13.0. The molecule has 1 amide bonds. The van der Waals surface area contributed by atoms with Gasteiger partial charge in [0.05, 0.1) is 17.4 Å². The zero-order chi connectivity index (χ0) is 20.8. The lowest BCUT2D eigenvalue weighted by molar-refractivity contribution is 0.0950. The van der Waals surface area contributed by atoms with Gasteiger partial charge in [-0.05, 0) is 55.7 Å². The Bertz CT molecular complexity index is 1180. The van der Waals surface area contributed by atoms with Crippen molar-refractivity contribution in [2.24, 2.45) is 0 Å². The Morgan fingerprint density at radius 2 is 1.87 bits per heavy atom. The molecule has 0 radical (unpaired) electrons. The number of anilines is 1. The van der Waals surface area contributed by atoms with Crippen LogP contribution in [0.2, 0.25) is 0 Å². The fraction of sp³-hybridized carbons (Fsp3) is 0.227. The number of nitrogens with one attached hydrogen (secondary N) is 1. The highest BCUT2D eigenvalue weighted by atomic mass is 16.7. The minimum atomic E-state index is -0.266. The van der Waals surface area contributed by atoms with Crippen LogP contribution in [-0.2, 0) is 0 Å². The molecule has 0 unspecified atom stereocenters. The smallest absolute Gasteiger partial charge is 0.251 e. The molecular formula is C22H20N4O4. The van der Waals surface area contributed by atoms with E-state index in [0.29, 0.717) is 28.3 Å². The molecule has 8 heteroatoms. The Morgan fingerprint density at radius 1 is 1.10 bits per heavy atom. The van der Waals surface area contributed by atoms with Crippen LogP contribution in [-0.4, -0.2) is 34.3 Å². The lowest BCUT2D eigenvalue weighted by Crippen LogP contribution is -2.25. The molecule has 30 heavy (non-hydrogen) atoms. The molecule has 3 N–H and O–H groups in total. The predicted octanol–water partition coefficient (Wildman–Crippen LogP) is 2.61. The van der Waals surface area contributed by atoms with Crippen molar-refractivity contribution in [3.05, 3.63) is 64.8 Å². The van der Waals surface area contributed by atoms with Gasteiger partial charge in [0.2, 0.25) is 6.79 Å². The van der Waals surface area contributed by atoms with Crippen molar-refractivity contribution in [1.29, 1.82) is 0 Å². The third kappa shape index (κ3) is 3.16. The van der Waals surface area contributed by atoms with E-state index in [9.17, 15) is 9.59 Å². The number of nitrogens with zero attached hydrogens (tertiary/aromatic N) is 2. The highest BCUT2D eigenvalue weighted by Gasteiger charge is 2.25. The van der Waals surface area contributed by atoms with Gasteiger partial charge in [0, 0.05) is 17.2 Å². The first-order valence-corrected chi connectivity index (χ1v) is 9.71. The summed E-state index contributed by atoms with van der Waals surface area (Å²) in [6.07, 6.45) is 3.47. The molecule has 3 aromatic rings. The van der Waals surface area contributed by atoms with Crippen LogP contribution in [0.5, 0.6) is 11.5 Å². The molecule has 1 fully saturated rings. The molecule has 1 aromatic heterocycles. The van der Waals surface area contributed by atoms with Crippen molar-refractivity contribution < 1.29 is 19.1 Å². The number of hydrogen-bond acceptors (Lipinski definition) is 6. The number of ketones is 1. The van der Waals surface area contributed by atoms with Crippen LogP contribution in [0, 0.1) is 6.92 Å². The number of benzene rings is 2. The largest absolute Gasteiger partial charge is 0.454 e. The Morgan fingerprint density at radius 3 is 2.67 bits per heavy atom. The summed E-state index contributed by atoms with van der Waals surface area (Å²) >= 11 is 0. The van der Waals surface area contributed by atoms with Gasteiger partial charge in [-0.15, -0.1) is 0 Å². The fourth-order valence-corrected chi connectivity index (χ4v) is 3.39. The third-order valence-electron chi connectivity index (χ3n) is 5.30. The monoisotopic (exact) mass is 404 g/mol. The van der Waals surface area contributed by atoms with Crippen molar-refractivity contribution in [2.75, 3.05) is 12.5 Å². The Kier molecular flexibility index (Phi) is 4.20. The molecule has 5 rings (SSSR count). The van der Waals surface area contributed by atoms with Crippen LogP contribution < -0.4 is 20.5 Å². The molecule has 0 spiro atoms. The molecule has 2 aliphatic rings. The number of hydrogen-bond donors (Lipinski definition) is 2.